The lowest BCUT2D eigenvalue weighted by molar-refractivity contribution is -0.117. The highest BCUT2D eigenvalue weighted by Crippen LogP contribution is 2.18. The van der Waals surface area contributed by atoms with Gasteiger partial charge >= 0.3 is 0 Å². The molecule has 20 heavy (non-hydrogen) atoms. The molecule has 0 saturated carbocycles. The van der Waals surface area contributed by atoms with Crippen LogP contribution in [0.3, 0.4) is 0 Å². The maximum atomic E-state index is 13.5. The lowest BCUT2D eigenvalue weighted by Crippen LogP contribution is -2.15. The van der Waals surface area contributed by atoms with E-state index in [9.17, 15) is 13.6 Å². The molecule has 0 atom stereocenters. The van der Waals surface area contributed by atoms with E-state index in [1.165, 1.54) is 0 Å². The number of carbonyl (C=O) groups excluding carboxylic acids is 1. The average Bonchev–Trinajstić information content (AvgIpc) is 2.41. The molecular weight excluding hydrogens is 262 g/mol. The average molecular weight is 276 g/mol. The minimum absolute atomic E-state index is 0.0921. The van der Waals surface area contributed by atoms with E-state index in [2.05, 4.69) is 5.32 Å². The van der Waals surface area contributed by atoms with Gasteiger partial charge < -0.3 is 11.1 Å². The molecule has 0 aliphatic rings. The monoisotopic (exact) mass is 276 g/mol. The second-order valence-electron chi connectivity index (χ2n) is 4.39. The Morgan fingerprint density at radius 3 is 2.60 bits per heavy atom. The first-order valence-corrected chi connectivity index (χ1v) is 6.10. The molecule has 3 N–H and O–H groups in total. The van der Waals surface area contributed by atoms with Crippen molar-refractivity contribution in [2.24, 2.45) is 5.73 Å². The quantitative estimate of drug-likeness (QED) is 0.882. The largest absolute Gasteiger partial charge is 0.381 e. The van der Waals surface area contributed by atoms with Crippen molar-refractivity contribution in [2.45, 2.75) is 13.0 Å². The number of hydrogen-bond donors (Lipinski definition) is 2. The first-order valence-electron chi connectivity index (χ1n) is 6.10. The number of anilines is 1. The van der Waals surface area contributed by atoms with Crippen LogP contribution in [0.1, 0.15) is 11.1 Å². The first-order chi connectivity index (χ1) is 9.56. The van der Waals surface area contributed by atoms with Crippen molar-refractivity contribution in [3.8, 4) is 0 Å². The highest BCUT2D eigenvalue weighted by atomic mass is 19.1. The van der Waals surface area contributed by atoms with E-state index in [4.69, 9.17) is 5.73 Å². The first kappa shape index (κ1) is 14.0. The van der Waals surface area contributed by atoms with Crippen LogP contribution in [0.25, 0.3) is 0 Å². The highest BCUT2D eigenvalue weighted by Gasteiger charge is 2.07. The van der Waals surface area contributed by atoms with Gasteiger partial charge in [0.1, 0.15) is 11.6 Å². The topological polar surface area (TPSA) is 55.1 Å². The van der Waals surface area contributed by atoms with Crippen molar-refractivity contribution < 1.29 is 13.6 Å². The molecule has 3 nitrogen and oxygen atoms in total. The van der Waals surface area contributed by atoms with Crippen LogP contribution in [-0.2, 0) is 17.8 Å². The van der Waals surface area contributed by atoms with Crippen molar-refractivity contribution >= 4 is 11.6 Å². The zero-order valence-electron chi connectivity index (χ0n) is 10.7. The molecule has 0 spiro atoms. The smallest absolute Gasteiger partial charge is 0.221 e. The Balaban J connectivity index is 2.14. The molecule has 0 saturated heterocycles. The molecule has 0 radical (unpaired) electrons. The molecule has 0 aliphatic carbocycles. The summed E-state index contributed by atoms with van der Waals surface area (Å²) in [5, 5.41) is 2.99. The summed E-state index contributed by atoms with van der Waals surface area (Å²) in [5.74, 6) is -1.42. The standard InChI is InChI=1S/C15H14F2N2O/c16-12-5-6-13(17)11(7-12)9-19-14-4-2-1-3-10(14)8-15(18)20/h1-7,19H,8-9H2,(H2,18,20). The maximum absolute atomic E-state index is 13.5. The van der Waals surface area contributed by atoms with Gasteiger partial charge in [-0.15, -0.1) is 0 Å². The van der Waals surface area contributed by atoms with Crippen molar-refractivity contribution in [3.05, 3.63) is 65.2 Å². The number of nitrogens with one attached hydrogen (secondary N) is 1. The molecule has 104 valence electrons. The third kappa shape index (κ3) is 3.54. The molecule has 0 unspecified atom stereocenters. The number of halogens is 2. The fraction of sp³-hybridized carbons (Fsp3) is 0.133. The number of carbonyl (C=O) groups is 1. The van der Waals surface area contributed by atoms with Crippen LogP contribution in [0.15, 0.2) is 42.5 Å². The van der Waals surface area contributed by atoms with Crippen molar-refractivity contribution in [1.82, 2.24) is 0 Å². The third-order valence-corrected chi connectivity index (χ3v) is 2.86. The molecule has 1 amide bonds. The predicted octanol–water partition coefficient (Wildman–Crippen LogP) is 2.60. The molecule has 0 aromatic heterocycles. The molecule has 2 aromatic carbocycles. The Kier molecular flexibility index (Phi) is 4.30. The molecule has 0 bridgehead atoms. The van der Waals surface area contributed by atoms with Gasteiger partial charge in [-0.25, -0.2) is 8.78 Å². The number of rotatable bonds is 5. The summed E-state index contributed by atoms with van der Waals surface area (Å²) in [6.07, 6.45) is 0.0921. The zero-order valence-corrected chi connectivity index (χ0v) is 10.7. The summed E-state index contributed by atoms with van der Waals surface area (Å²) < 4.78 is 26.6. The van der Waals surface area contributed by atoms with Gasteiger partial charge in [-0.3, -0.25) is 4.79 Å². The van der Waals surface area contributed by atoms with E-state index in [1.54, 1.807) is 24.3 Å². The predicted molar refractivity (Wildman–Crippen MR) is 73.0 cm³/mol. The number of hydrogen-bond acceptors (Lipinski definition) is 2. The van der Waals surface area contributed by atoms with Crippen molar-refractivity contribution in [3.63, 3.8) is 0 Å². The van der Waals surface area contributed by atoms with Gasteiger partial charge in [0, 0.05) is 17.8 Å². The van der Waals surface area contributed by atoms with Crippen LogP contribution >= 0.6 is 0 Å². The molecule has 2 rings (SSSR count). The van der Waals surface area contributed by atoms with Gasteiger partial charge in [0.15, 0.2) is 0 Å². The second-order valence-corrected chi connectivity index (χ2v) is 4.39. The fourth-order valence-corrected chi connectivity index (χ4v) is 1.90. The molecule has 0 aliphatic heterocycles. The van der Waals surface area contributed by atoms with Crippen LogP contribution in [0.5, 0.6) is 0 Å². The SMILES string of the molecule is NC(=O)Cc1ccccc1NCc1cc(F)ccc1F. The number of para-hydroxylation sites is 1. The Hall–Kier alpha value is -2.43. The lowest BCUT2D eigenvalue weighted by Gasteiger charge is -2.11. The Morgan fingerprint density at radius 1 is 1.10 bits per heavy atom. The molecular formula is C15H14F2N2O. The maximum Gasteiger partial charge on any atom is 0.221 e. The van der Waals surface area contributed by atoms with Gasteiger partial charge in [-0.1, -0.05) is 18.2 Å². The Morgan fingerprint density at radius 2 is 1.85 bits per heavy atom. The normalized spacial score (nSPS) is 10.3. The van der Waals surface area contributed by atoms with E-state index in [1.807, 2.05) is 0 Å². The second kappa shape index (κ2) is 6.14. The number of benzene rings is 2. The summed E-state index contributed by atoms with van der Waals surface area (Å²) in [6.45, 7) is 0.124. The van der Waals surface area contributed by atoms with Gasteiger partial charge in [-0.05, 0) is 29.8 Å². The molecule has 2 aromatic rings. The third-order valence-electron chi connectivity index (χ3n) is 2.86. The zero-order chi connectivity index (χ0) is 14.5. The Bertz CT molecular complexity index is 629. The van der Waals surface area contributed by atoms with Crippen LogP contribution in [0.2, 0.25) is 0 Å². The minimum atomic E-state index is -0.492. The number of primary amides is 1. The number of amides is 1. The summed E-state index contributed by atoms with van der Waals surface area (Å²) in [4.78, 5) is 11.0. The van der Waals surface area contributed by atoms with Crippen LogP contribution < -0.4 is 11.1 Å². The Labute approximate surface area is 115 Å². The number of nitrogens with two attached hydrogens (primary N) is 1. The van der Waals surface area contributed by atoms with E-state index in [0.717, 1.165) is 23.8 Å². The van der Waals surface area contributed by atoms with Gasteiger partial charge in [-0.2, -0.15) is 0 Å². The van der Waals surface area contributed by atoms with E-state index >= 15 is 0 Å². The summed E-state index contributed by atoms with van der Waals surface area (Å²) >= 11 is 0. The van der Waals surface area contributed by atoms with E-state index < -0.39 is 17.5 Å². The van der Waals surface area contributed by atoms with Gasteiger partial charge in [0.25, 0.3) is 0 Å². The lowest BCUT2D eigenvalue weighted by atomic mass is 10.1. The van der Waals surface area contributed by atoms with Crippen LogP contribution in [0, 0.1) is 11.6 Å². The fourth-order valence-electron chi connectivity index (χ4n) is 1.90. The minimum Gasteiger partial charge on any atom is -0.381 e. The van der Waals surface area contributed by atoms with Gasteiger partial charge in [0.2, 0.25) is 5.91 Å². The van der Waals surface area contributed by atoms with Gasteiger partial charge in [0.05, 0.1) is 6.42 Å². The van der Waals surface area contributed by atoms with Crippen molar-refractivity contribution in [1.29, 1.82) is 0 Å². The molecule has 5 heteroatoms. The van der Waals surface area contributed by atoms with Crippen LogP contribution in [0.4, 0.5) is 14.5 Å². The highest BCUT2D eigenvalue weighted by molar-refractivity contribution is 5.78. The van der Waals surface area contributed by atoms with E-state index in [-0.39, 0.29) is 18.5 Å². The summed E-state index contributed by atoms with van der Waals surface area (Å²) in [6, 6.07) is 10.4. The van der Waals surface area contributed by atoms with Crippen LogP contribution in [-0.4, -0.2) is 5.91 Å². The summed E-state index contributed by atoms with van der Waals surface area (Å²) in [5.41, 5.74) is 6.78. The summed E-state index contributed by atoms with van der Waals surface area (Å²) in [7, 11) is 0. The molecule has 0 fully saturated rings. The van der Waals surface area contributed by atoms with E-state index in [0.29, 0.717) is 5.69 Å². The van der Waals surface area contributed by atoms with Crippen molar-refractivity contribution in [2.75, 3.05) is 5.32 Å². The molecule has 0 heterocycles.